The second-order valence-corrected chi connectivity index (χ2v) is 8.58. The first-order valence-corrected chi connectivity index (χ1v) is 11.1. The molecule has 2 aliphatic rings. The van der Waals surface area contributed by atoms with Gasteiger partial charge in [0, 0.05) is 12.5 Å². The monoisotopic (exact) mass is 494 g/mol. The Morgan fingerprint density at radius 1 is 1.09 bits per heavy atom. The van der Waals surface area contributed by atoms with E-state index in [1.807, 2.05) is 0 Å². The summed E-state index contributed by atoms with van der Waals surface area (Å²) in [5.41, 5.74) is -4.99. The van der Waals surface area contributed by atoms with Crippen molar-refractivity contribution in [2.45, 2.75) is 63.4 Å². The maximum Gasteiger partial charge on any atom is 0.426 e. The van der Waals surface area contributed by atoms with Crippen LogP contribution in [0.25, 0.3) is 11.6 Å². The van der Waals surface area contributed by atoms with Gasteiger partial charge in [0.1, 0.15) is 5.56 Å². The molecule has 2 aromatic heterocycles. The molecule has 0 radical (unpaired) electrons. The van der Waals surface area contributed by atoms with E-state index in [4.69, 9.17) is 9.15 Å². The van der Waals surface area contributed by atoms with Gasteiger partial charge in [-0.05, 0) is 44.6 Å². The number of nitrogens with one attached hydrogen (secondary N) is 1. The summed E-state index contributed by atoms with van der Waals surface area (Å²) in [5.74, 6) is -3.87. The van der Waals surface area contributed by atoms with Gasteiger partial charge < -0.3 is 19.6 Å². The summed E-state index contributed by atoms with van der Waals surface area (Å²) < 4.78 is 94.3. The lowest BCUT2D eigenvalue weighted by atomic mass is 9.79. The predicted octanol–water partition coefficient (Wildman–Crippen LogP) is 5.31. The molecule has 7 nitrogen and oxygen atoms in total. The largest absolute Gasteiger partial charge is 0.477 e. The van der Waals surface area contributed by atoms with Gasteiger partial charge in [-0.15, -0.1) is 10.2 Å². The van der Waals surface area contributed by atoms with E-state index >= 15 is 0 Å². The zero-order valence-corrected chi connectivity index (χ0v) is 18.3. The summed E-state index contributed by atoms with van der Waals surface area (Å²) in [4.78, 5) is 3.90. The van der Waals surface area contributed by atoms with Crippen LogP contribution in [-0.2, 0) is 11.8 Å². The van der Waals surface area contributed by atoms with Crippen LogP contribution < -0.4 is 10.1 Å². The number of alkyl halides is 6. The number of halogens is 6. The van der Waals surface area contributed by atoms with Crippen LogP contribution in [0.3, 0.4) is 0 Å². The SMILES string of the molecule is CCNc1cc(C(F)(F)F)c2nc1-c1nnc(o1)C(O)(C(F)(F)F)C(C1CC1)CCCCCO2. The van der Waals surface area contributed by atoms with Crippen molar-refractivity contribution in [2.24, 2.45) is 11.8 Å². The van der Waals surface area contributed by atoms with Crippen LogP contribution in [0.1, 0.15) is 56.9 Å². The Labute approximate surface area is 190 Å². The second-order valence-electron chi connectivity index (χ2n) is 8.58. The minimum atomic E-state index is -5.10. The molecular formula is C21H24F6N4O3. The molecule has 1 saturated carbocycles. The van der Waals surface area contributed by atoms with E-state index in [9.17, 15) is 31.4 Å². The molecule has 1 fully saturated rings. The highest BCUT2D eigenvalue weighted by Gasteiger charge is 2.65. The molecule has 1 aliphatic heterocycles. The first-order valence-electron chi connectivity index (χ1n) is 11.1. The molecule has 2 unspecified atom stereocenters. The smallest absolute Gasteiger partial charge is 0.426 e. The summed E-state index contributed by atoms with van der Waals surface area (Å²) in [6.07, 6.45) is -7.74. The Hall–Kier alpha value is -2.57. The van der Waals surface area contributed by atoms with Crippen LogP contribution in [0, 0.1) is 11.8 Å². The Balaban J connectivity index is 1.89. The van der Waals surface area contributed by atoms with Gasteiger partial charge in [0.15, 0.2) is 5.69 Å². The Bertz CT molecular complexity index is 1020. The molecule has 13 heteroatoms. The summed E-state index contributed by atoms with van der Waals surface area (Å²) in [6, 6.07) is 0.750. The van der Waals surface area contributed by atoms with Gasteiger partial charge in [-0.2, -0.15) is 26.3 Å². The quantitative estimate of drug-likeness (QED) is 0.559. The average Bonchev–Trinajstić information content (AvgIpc) is 3.46. The maximum atomic E-state index is 14.3. The fourth-order valence-corrected chi connectivity index (χ4v) is 4.36. The number of ether oxygens (including phenoxy) is 1. The van der Waals surface area contributed by atoms with E-state index < -0.39 is 47.1 Å². The molecule has 4 bridgehead atoms. The number of fused-ring (bicyclic) bond motifs is 5. The number of rotatable bonds is 3. The number of hydrogen-bond acceptors (Lipinski definition) is 7. The van der Waals surface area contributed by atoms with Crippen LogP contribution in [-0.4, -0.2) is 39.6 Å². The van der Waals surface area contributed by atoms with Crippen molar-refractivity contribution in [3.05, 3.63) is 17.5 Å². The summed E-state index contributed by atoms with van der Waals surface area (Å²) in [5, 5.41) is 20.8. The van der Waals surface area contributed by atoms with Crippen LogP contribution in [0.15, 0.2) is 10.5 Å². The zero-order valence-electron chi connectivity index (χ0n) is 18.3. The van der Waals surface area contributed by atoms with Gasteiger partial charge in [0.05, 0.1) is 12.3 Å². The van der Waals surface area contributed by atoms with E-state index in [1.54, 1.807) is 6.92 Å². The minimum absolute atomic E-state index is 0.0401. The predicted molar refractivity (Wildman–Crippen MR) is 107 cm³/mol. The molecule has 2 atom stereocenters. The lowest BCUT2D eigenvalue weighted by Gasteiger charge is -2.35. The van der Waals surface area contributed by atoms with Gasteiger partial charge in [-0.25, -0.2) is 4.98 Å². The Kier molecular flexibility index (Phi) is 6.42. The van der Waals surface area contributed by atoms with Crippen LogP contribution in [0.5, 0.6) is 5.88 Å². The number of aliphatic hydroxyl groups is 1. The minimum Gasteiger partial charge on any atom is -0.477 e. The van der Waals surface area contributed by atoms with Crippen molar-refractivity contribution in [2.75, 3.05) is 18.5 Å². The van der Waals surface area contributed by atoms with E-state index in [1.165, 1.54) is 0 Å². The summed E-state index contributed by atoms with van der Waals surface area (Å²) in [7, 11) is 0. The molecule has 0 spiro atoms. The highest BCUT2D eigenvalue weighted by Crippen LogP contribution is 2.54. The highest BCUT2D eigenvalue weighted by molar-refractivity contribution is 5.70. The molecule has 2 N–H and O–H groups in total. The van der Waals surface area contributed by atoms with Gasteiger partial charge >= 0.3 is 12.4 Å². The number of anilines is 1. The van der Waals surface area contributed by atoms with Crippen LogP contribution in [0.4, 0.5) is 32.0 Å². The van der Waals surface area contributed by atoms with Gasteiger partial charge in [0.25, 0.3) is 11.8 Å². The second kappa shape index (κ2) is 8.90. The lowest BCUT2D eigenvalue weighted by molar-refractivity contribution is -0.298. The number of aromatic nitrogens is 3. The average molecular weight is 494 g/mol. The molecule has 0 saturated heterocycles. The van der Waals surface area contributed by atoms with E-state index in [0.29, 0.717) is 32.1 Å². The normalized spacial score (nSPS) is 24.3. The van der Waals surface area contributed by atoms with Gasteiger partial charge in [-0.1, -0.05) is 12.8 Å². The van der Waals surface area contributed by atoms with Crippen molar-refractivity contribution in [3.8, 4) is 17.5 Å². The molecule has 0 amide bonds. The van der Waals surface area contributed by atoms with Gasteiger partial charge in [0.2, 0.25) is 11.5 Å². The number of hydrogen-bond donors (Lipinski definition) is 2. The molecule has 3 heterocycles. The van der Waals surface area contributed by atoms with Crippen LogP contribution in [0.2, 0.25) is 0 Å². The first kappa shape index (κ1) is 24.6. The maximum absolute atomic E-state index is 14.3. The van der Waals surface area contributed by atoms with Crippen LogP contribution >= 0.6 is 0 Å². The topological polar surface area (TPSA) is 93.3 Å². The van der Waals surface area contributed by atoms with Crippen molar-refractivity contribution < 1.29 is 40.6 Å². The summed E-state index contributed by atoms with van der Waals surface area (Å²) in [6.45, 7) is 1.70. The van der Waals surface area contributed by atoms with E-state index in [0.717, 1.165) is 6.07 Å². The molecule has 188 valence electrons. The number of nitrogens with zero attached hydrogens (tertiary/aromatic N) is 3. The Morgan fingerprint density at radius 2 is 1.82 bits per heavy atom. The van der Waals surface area contributed by atoms with Crippen molar-refractivity contribution in [1.29, 1.82) is 0 Å². The van der Waals surface area contributed by atoms with Crippen molar-refractivity contribution in [1.82, 2.24) is 15.2 Å². The third kappa shape index (κ3) is 4.53. The lowest BCUT2D eigenvalue weighted by Crippen LogP contribution is -2.49. The van der Waals surface area contributed by atoms with Crippen molar-refractivity contribution in [3.63, 3.8) is 0 Å². The highest BCUT2D eigenvalue weighted by atomic mass is 19.4. The molecule has 34 heavy (non-hydrogen) atoms. The third-order valence-electron chi connectivity index (χ3n) is 6.17. The van der Waals surface area contributed by atoms with E-state index in [-0.39, 0.29) is 36.9 Å². The number of pyridine rings is 1. The third-order valence-corrected chi connectivity index (χ3v) is 6.17. The zero-order chi connectivity index (χ0) is 24.7. The standard InChI is InChI=1S/C21H24F6N4O3/c1-2-28-14-10-13(20(22,23)24)16-29-15(14)17-30-31-18(34-17)19(32,21(25,26)27)12(11-7-8-11)6-4-3-5-9-33-16/h10-12,28,32H,2-9H2,1H3. The molecule has 0 aromatic carbocycles. The first-order chi connectivity index (χ1) is 16.0. The molecular weight excluding hydrogens is 470 g/mol. The molecule has 1 aliphatic carbocycles. The fourth-order valence-electron chi connectivity index (χ4n) is 4.36. The van der Waals surface area contributed by atoms with E-state index in [2.05, 4.69) is 20.5 Å². The Morgan fingerprint density at radius 3 is 2.44 bits per heavy atom. The fraction of sp³-hybridized carbons (Fsp3) is 0.667. The summed E-state index contributed by atoms with van der Waals surface area (Å²) >= 11 is 0. The molecule has 2 aromatic rings. The van der Waals surface area contributed by atoms with Crippen molar-refractivity contribution >= 4 is 5.69 Å². The van der Waals surface area contributed by atoms with Gasteiger partial charge in [-0.3, -0.25) is 0 Å². The molecule has 4 rings (SSSR count).